The van der Waals surface area contributed by atoms with Crippen LogP contribution in [-0.4, -0.2) is 20.1 Å². The van der Waals surface area contributed by atoms with Gasteiger partial charge >= 0.3 is 0 Å². The van der Waals surface area contributed by atoms with Crippen molar-refractivity contribution in [1.29, 1.82) is 0 Å². The first kappa shape index (κ1) is 18.3. The summed E-state index contributed by atoms with van der Waals surface area (Å²) >= 11 is 1.46. The second kappa shape index (κ2) is 6.24. The zero-order valence-electron chi connectivity index (χ0n) is 16.5. The molecule has 142 valence electrons. The Kier molecular flexibility index (Phi) is 4.24. The van der Waals surface area contributed by atoms with Crippen molar-refractivity contribution < 1.29 is 4.74 Å². The standard InChI is InChI=1S/C21H25N3O2S/c1-11(2)8-24-10-22-17-15-13-7-21(5,6)26-9-14(13)16(12(3)4)23-19(15)27-18(17)20(24)25/h10,12H,1,7-9H2,2-6H3. The first-order valence-electron chi connectivity index (χ1n) is 9.29. The van der Waals surface area contributed by atoms with Crippen LogP contribution in [-0.2, 0) is 24.3 Å². The number of nitrogens with zero attached hydrogens (tertiary/aromatic N) is 3. The van der Waals surface area contributed by atoms with Gasteiger partial charge in [-0.05, 0) is 32.3 Å². The van der Waals surface area contributed by atoms with Gasteiger partial charge in [0.05, 0.1) is 29.7 Å². The van der Waals surface area contributed by atoms with Crippen molar-refractivity contribution in [2.45, 2.75) is 65.7 Å². The third kappa shape index (κ3) is 3.01. The Morgan fingerprint density at radius 3 is 2.81 bits per heavy atom. The van der Waals surface area contributed by atoms with Gasteiger partial charge in [-0.3, -0.25) is 9.36 Å². The number of allylic oxidation sites excluding steroid dienone is 1. The molecular weight excluding hydrogens is 358 g/mol. The molecule has 0 saturated heterocycles. The molecule has 4 heterocycles. The summed E-state index contributed by atoms with van der Waals surface area (Å²) in [6.45, 7) is 15.4. The van der Waals surface area contributed by atoms with Crippen molar-refractivity contribution in [2.24, 2.45) is 0 Å². The number of hydrogen-bond acceptors (Lipinski definition) is 5. The van der Waals surface area contributed by atoms with E-state index in [9.17, 15) is 4.79 Å². The fraction of sp³-hybridized carbons (Fsp3) is 0.476. The average Bonchev–Trinajstić information content (AvgIpc) is 2.95. The summed E-state index contributed by atoms with van der Waals surface area (Å²) in [5, 5.41) is 1.03. The van der Waals surface area contributed by atoms with Crippen LogP contribution in [0.25, 0.3) is 20.4 Å². The molecule has 3 aromatic heterocycles. The van der Waals surface area contributed by atoms with E-state index in [1.165, 1.54) is 22.5 Å². The van der Waals surface area contributed by atoms with Gasteiger partial charge in [-0.2, -0.15) is 0 Å². The third-order valence-electron chi connectivity index (χ3n) is 5.04. The molecule has 6 heteroatoms. The lowest BCUT2D eigenvalue weighted by atomic mass is 9.87. The Balaban J connectivity index is 2.07. The molecule has 5 nitrogen and oxygen atoms in total. The van der Waals surface area contributed by atoms with Gasteiger partial charge in [-0.25, -0.2) is 9.97 Å². The molecule has 0 aliphatic carbocycles. The maximum atomic E-state index is 13.0. The normalized spacial score (nSPS) is 16.2. The van der Waals surface area contributed by atoms with Gasteiger partial charge in [0.1, 0.15) is 9.53 Å². The van der Waals surface area contributed by atoms with E-state index in [1.54, 1.807) is 10.9 Å². The molecule has 4 rings (SSSR count). The van der Waals surface area contributed by atoms with E-state index < -0.39 is 0 Å². The van der Waals surface area contributed by atoms with Gasteiger partial charge in [0.15, 0.2) is 0 Å². The number of aromatic nitrogens is 3. The number of hydrogen-bond donors (Lipinski definition) is 0. The van der Waals surface area contributed by atoms with Crippen molar-refractivity contribution in [3.63, 3.8) is 0 Å². The fourth-order valence-corrected chi connectivity index (χ4v) is 4.92. The molecular formula is C21H25N3O2S. The summed E-state index contributed by atoms with van der Waals surface area (Å²) in [7, 11) is 0. The molecule has 0 unspecified atom stereocenters. The van der Waals surface area contributed by atoms with Crippen molar-refractivity contribution >= 4 is 31.8 Å². The Morgan fingerprint density at radius 2 is 2.15 bits per heavy atom. The minimum absolute atomic E-state index is 0.0165. The zero-order chi connectivity index (χ0) is 19.5. The molecule has 0 N–H and O–H groups in total. The smallest absolute Gasteiger partial charge is 0.271 e. The lowest BCUT2D eigenvalue weighted by Gasteiger charge is -2.33. The van der Waals surface area contributed by atoms with Crippen molar-refractivity contribution in [3.05, 3.63) is 45.7 Å². The summed E-state index contributed by atoms with van der Waals surface area (Å²) in [6.07, 6.45) is 2.43. The third-order valence-corrected chi connectivity index (χ3v) is 6.10. The number of fused-ring (bicyclic) bond motifs is 5. The number of rotatable bonds is 3. The quantitative estimate of drug-likeness (QED) is 0.622. The molecule has 27 heavy (non-hydrogen) atoms. The van der Waals surface area contributed by atoms with Crippen molar-refractivity contribution in [3.8, 4) is 0 Å². The lowest BCUT2D eigenvalue weighted by molar-refractivity contribution is -0.0402. The van der Waals surface area contributed by atoms with Crippen LogP contribution < -0.4 is 5.56 Å². The minimum atomic E-state index is -0.237. The SMILES string of the molecule is C=C(C)Cn1cnc2c(sc3nc(C(C)C)c4c(c32)CC(C)(C)OC4)c1=O. The van der Waals surface area contributed by atoms with Crippen LogP contribution in [0.1, 0.15) is 57.4 Å². The molecule has 1 aliphatic heterocycles. The zero-order valence-corrected chi connectivity index (χ0v) is 17.4. The summed E-state index contributed by atoms with van der Waals surface area (Å²) in [4.78, 5) is 23.5. The molecule has 0 fully saturated rings. The molecule has 0 spiro atoms. The Morgan fingerprint density at radius 1 is 1.41 bits per heavy atom. The van der Waals surface area contributed by atoms with E-state index in [0.29, 0.717) is 23.8 Å². The van der Waals surface area contributed by atoms with Gasteiger partial charge in [0.25, 0.3) is 5.56 Å². The van der Waals surface area contributed by atoms with Crippen LogP contribution >= 0.6 is 11.3 Å². The monoisotopic (exact) mass is 383 g/mol. The van der Waals surface area contributed by atoms with Crippen LogP contribution in [0.15, 0.2) is 23.3 Å². The Labute approximate surface area is 162 Å². The van der Waals surface area contributed by atoms with Crippen molar-refractivity contribution in [2.75, 3.05) is 0 Å². The molecule has 0 amide bonds. The topological polar surface area (TPSA) is 57.0 Å². The maximum Gasteiger partial charge on any atom is 0.271 e. The molecule has 0 radical (unpaired) electrons. The fourth-order valence-electron chi connectivity index (χ4n) is 3.80. The Bertz CT molecular complexity index is 1140. The van der Waals surface area contributed by atoms with Gasteiger partial charge in [-0.1, -0.05) is 26.0 Å². The Hall–Kier alpha value is -2.05. The molecule has 0 bridgehead atoms. The molecule has 0 atom stereocenters. The first-order chi connectivity index (χ1) is 12.7. The second-order valence-corrected chi connectivity index (χ2v) is 9.43. The summed E-state index contributed by atoms with van der Waals surface area (Å²) < 4.78 is 8.38. The number of pyridine rings is 1. The largest absolute Gasteiger partial charge is 0.370 e. The second-order valence-electron chi connectivity index (χ2n) is 8.43. The molecule has 1 aliphatic rings. The van der Waals surface area contributed by atoms with E-state index in [-0.39, 0.29) is 11.2 Å². The molecule has 0 saturated carbocycles. The average molecular weight is 384 g/mol. The lowest BCUT2D eigenvalue weighted by Crippen LogP contribution is -2.33. The van der Waals surface area contributed by atoms with Gasteiger partial charge in [0, 0.05) is 23.9 Å². The number of ether oxygens (including phenoxy) is 1. The van der Waals surface area contributed by atoms with Crippen LogP contribution in [0.2, 0.25) is 0 Å². The highest BCUT2D eigenvalue weighted by Crippen LogP contribution is 2.41. The van der Waals surface area contributed by atoms with Gasteiger partial charge < -0.3 is 4.74 Å². The van der Waals surface area contributed by atoms with Crippen LogP contribution in [0, 0.1) is 0 Å². The predicted molar refractivity (Wildman–Crippen MR) is 111 cm³/mol. The van der Waals surface area contributed by atoms with E-state index in [4.69, 9.17) is 9.72 Å². The van der Waals surface area contributed by atoms with E-state index in [1.807, 2.05) is 6.92 Å². The van der Waals surface area contributed by atoms with Crippen molar-refractivity contribution in [1.82, 2.24) is 14.5 Å². The van der Waals surface area contributed by atoms with Crippen LogP contribution in [0.5, 0.6) is 0 Å². The van der Waals surface area contributed by atoms with Gasteiger partial charge in [-0.15, -0.1) is 11.3 Å². The number of thiophene rings is 1. The predicted octanol–water partition coefficient (Wildman–Crippen LogP) is 4.56. The molecule has 3 aromatic rings. The van der Waals surface area contributed by atoms with E-state index in [0.717, 1.165) is 33.4 Å². The first-order valence-corrected chi connectivity index (χ1v) is 10.1. The maximum absolute atomic E-state index is 13.0. The van der Waals surface area contributed by atoms with E-state index >= 15 is 0 Å². The summed E-state index contributed by atoms with van der Waals surface area (Å²) in [5.41, 5.74) is 4.93. The summed E-state index contributed by atoms with van der Waals surface area (Å²) in [6, 6.07) is 0. The minimum Gasteiger partial charge on any atom is -0.370 e. The molecule has 0 aromatic carbocycles. The summed E-state index contributed by atoms with van der Waals surface area (Å²) in [5.74, 6) is 0.297. The van der Waals surface area contributed by atoms with E-state index in [2.05, 4.69) is 39.3 Å². The van der Waals surface area contributed by atoms with Crippen LogP contribution in [0.3, 0.4) is 0 Å². The van der Waals surface area contributed by atoms with Gasteiger partial charge in [0.2, 0.25) is 0 Å². The highest BCUT2D eigenvalue weighted by atomic mass is 32.1. The highest BCUT2D eigenvalue weighted by Gasteiger charge is 2.32. The van der Waals surface area contributed by atoms with Crippen LogP contribution in [0.4, 0.5) is 0 Å². The highest BCUT2D eigenvalue weighted by molar-refractivity contribution is 7.25.